The Kier molecular flexibility index (Phi) is 4.93. The van der Waals surface area contributed by atoms with E-state index in [-0.39, 0.29) is 5.28 Å². The predicted octanol–water partition coefficient (Wildman–Crippen LogP) is 3.66. The molecule has 0 amide bonds. The number of halogens is 1. The van der Waals surface area contributed by atoms with Crippen molar-refractivity contribution >= 4 is 17.2 Å². The molecule has 5 heteroatoms. The molecule has 4 nitrogen and oxygen atoms in total. The third-order valence-corrected chi connectivity index (χ3v) is 3.02. The summed E-state index contributed by atoms with van der Waals surface area (Å²) in [5.41, 5.74) is 1.16. The molecule has 18 heavy (non-hydrogen) atoms. The van der Waals surface area contributed by atoms with E-state index >= 15 is 0 Å². The number of hydrogen-bond donors (Lipinski definition) is 0. The molecule has 0 aromatic carbocycles. The first-order valence-corrected chi connectivity index (χ1v) is 6.91. The van der Waals surface area contributed by atoms with Crippen molar-refractivity contribution in [3.05, 3.63) is 17.2 Å². The average molecular weight is 268 g/mol. The van der Waals surface area contributed by atoms with Crippen molar-refractivity contribution in [2.24, 2.45) is 0 Å². The van der Waals surface area contributed by atoms with Gasteiger partial charge in [0.1, 0.15) is 0 Å². The van der Waals surface area contributed by atoms with Gasteiger partial charge in [-0.2, -0.15) is 15.0 Å². The smallest absolute Gasteiger partial charge is 0.321 e. The fourth-order valence-corrected chi connectivity index (χ4v) is 2.10. The summed E-state index contributed by atoms with van der Waals surface area (Å²) in [7, 11) is 0. The Morgan fingerprint density at radius 2 is 2.11 bits per heavy atom. The van der Waals surface area contributed by atoms with Crippen LogP contribution in [-0.2, 0) is 0 Å². The van der Waals surface area contributed by atoms with E-state index in [1.165, 1.54) is 19.3 Å². The Labute approximate surface area is 112 Å². The van der Waals surface area contributed by atoms with Gasteiger partial charge in [0.15, 0.2) is 5.82 Å². The van der Waals surface area contributed by atoms with Crippen LogP contribution < -0.4 is 4.74 Å². The predicted molar refractivity (Wildman–Crippen MR) is 71.7 cm³/mol. The lowest BCUT2D eigenvalue weighted by Gasteiger charge is -2.07. The van der Waals surface area contributed by atoms with Gasteiger partial charge in [0, 0.05) is 0 Å². The third kappa shape index (κ3) is 3.67. The molecule has 1 aromatic rings. The van der Waals surface area contributed by atoms with Gasteiger partial charge in [0.25, 0.3) is 0 Å². The summed E-state index contributed by atoms with van der Waals surface area (Å²) >= 11 is 5.92. The van der Waals surface area contributed by atoms with Crippen molar-refractivity contribution in [3.8, 4) is 6.01 Å². The van der Waals surface area contributed by atoms with Gasteiger partial charge >= 0.3 is 6.01 Å². The Morgan fingerprint density at radius 1 is 1.22 bits per heavy atom. The van der Waals surface area contributed by atoms with Gasteiger partial charge in [-0.1, -0.05) is 19.4 Å². The van der Waals surface area contributed by atoms with Crippen molar-refractivity contribution in [2.45, 2.75) is 45.4 Å². The van der Waals surface area contributed by atoms with Gasteiger partial charge in [-0.25, -0.2) is 0 Å². The Balaban J connectivity index is 2.20. The highest BCUT2D eigenvalue weighted by atomic mass is 35.5. The van der Waals surface area contributed by atoms with Gasteiger partial charge in [-0.05, 0) is 49.3 Å². The summed E-state index contributed by atoms with van der Waals surface area (Å²) in [5, 5.41) is 0.205. The summed E-state index contributed by atoms with van der Waals surface area (Å²) in [4.78, 5) is 12.5. The minimum absolute atomic E-state index is 0.205. The van der Waals surface area contributed by atoms with Crippen molar-refractivity contribution in [1.29, 1.82) is 0 Å². The molecule has 98 valence electrons. The molecule has 1 aliphatic carbocycles. The van der Waals surface area contributed by atoms with Crippen LogP contribution in [0.1, 0.15) is 51.3 Å². The number of rotatable bonds is 4. The second kappa shape index (κ2) is 6.69. The third-order valence-electron chi connectivity index (χ3n) is 2.85. The molecular weight excluding hydrogens is 250 g/mol. The number of nitrogens with zero attached hydrogens (tertiary/aromatic N) is 3. The SMILES string of the molecule is CCCOc1nc(Cl)nc(C2=CCCCCC2)n1. The van der Waals surface area contributed by atoms with Gasteiger partial charge < -0.3 is 4.74 Å². The minimum Gasteiger partial charge on any atom is -0.463 e. The van der Waals surface area contributed by atoms with Crippen LogP contribution in [0.15, 0.2) is 6.08 Å². The highest BCUT2D eigenvalue weighted by molar-refractivity contribution is 6.28. The monoisotopic (exact) mass is 267 g/mol. The summed E-state index contributed by atoms with van der Waals surface area (Å²) in [6.45, 7) is 2.64. The molecule has 0 fully saturated rings. The fourth-order valence-electron chi connectivity index (χ4n) is 1.95. The first-order valence-electron chi connectivity index (χ1n) is 6.53. The number of aromatic nitrogens is 3. The highest BCUT2D eigenvalue weighted by Crippen LogP contribution is 2.25. The van der Waals surface area contributed by atoms with Crippen LogP contribution in [0.25, 0.3) is 5.57 Å². The zero-order chi connectivity index (χ0) is 12.8. The molecule has 1 aromatic heterocycles. The molecule has 1 heterocycles. The lowest BCUT2D eigenvalue weighted by Crippen LogP contribution is -2.04. The lowest BCUT2D eigenvalue weighted by atomic mass is 10.1. The van der Waals surface area contributed by atoms with E-state index in [9.17, 15) is 0 Å². The molecule has 0 spiro atoms. The standard InChI is InChI=1S/C13H18ClN3O/c1-2-9-18-13-16-11(15-12(14)17-13)10-7-5-3-4-6-8-10/h7H,2-6,8-9H2,1H3. The molecule has 0 N–H and O–H groups in total. The maximum Gasteiger partial charge on any atom is 0.321 e. The van der Waals surface area contributed by atoms with Crippen LogP contribution in [-0.4, -0.2) is 21.6 Å². The molecule has 0 saturated heterocycles. The molecule has 2 rings (SSSR count). The van der Waals surface area contributed by atoms with E-state index in [0.717, 1.165) is 24.8 Å². The van der Waals surface area contributed by atoms with Gasteiger partial charge in [0.05, 0.1) is 6.61 Å². The molecule has 0 radical (unpaired) electrons. The zero-order valence-corrected chi connectivity index (χ0v) is 11.4. The number of hydrogen-bond acceptors (Lipinski definition) is 4. The van der Waals surface area contributed by atoms with E-state index in [0.29, 0.717) is 18.4 Å². The molecule has 0 saturated carbocycles. The van der Waals surface area contributed by atoms with E-state index in [2.05, 4.69) is 21.0 Å². The van der Waals surface area contributed by atoms with Crippen molar-refractivity contribution in [1.82, 2.24) is 15.0 Å². The Morgan fingerprint density at radius 3 is 2.94 bits per heavy atom. The second-order valence-electron chi connectivity index (χ2n) is 4.39. The lowest BCUT2D eigenvalue weighted by molar-refractivity contribution is 0.290. The topological polar surface area (TPSA) is 47.9 Å². The molecule has 0 unspecified atom stereocenters. The largest absolute Gasteiger partial charge is 0.463 e. The van der Waals surface area contributed by atoms with Crippen LogP contribution in [0.5, 0.6) is 6.01 Å². The van der Waals surface area contributed by atoms with Gasteiger partial charge in [-0.15, -0.1) is 0 Å². The van der Waals surface area contributed by atoms with E-state index in [4.69, 9.17) is 16.3 Å². The summed E-state index contributed by atoms with van der Waals surface area (Å²) in [5.74, 6) is 0.669. The maximum atomic E-state index is 5.92. The molecule has 1 aliphatic rings. The second-order valence-corrected chi connectivity index (χ2v) is 4.73. The average Bonchev–Trinajstić information content (AvgIpc) is 2.64. The van der Waals surface area contributed by atoms with E-state index in [1.807, 2.05) is 6.92 Å². The van der Waals surface area contributed by atoms with Crippen LogP contribution in [0.3, 0.4) is 0 Å². The van der Waals surface area contributed by atoms with Crippen LogP contribution in [0.2, 0.25) is 5.28 Å². The molecular formula is C13H18ClN3O. The molecule has 0 aliphatic heterocycles. The van der Waals surface area contributed by atoms with E-state index < -0.39 is 0 Å². The van der Waals surface area contributed by atoms with Crippen LogP contribution in [0.4, 0.5) is 0 Å². The quantitative estimate of drug-likeness (QED) is 0.835. The highest BCUT2D eigenvalue weighted by Gasteiger charge is 2.12. The maximum absolute atomic E-state index is 5.92. The normalized spacial score (nSPS) is 16.0. The van der Waals surface area contributed by atoms with Crippen LogP contribution >= 0.6 is 11.6 Å². The Hall–Kier alpha value is -1.16. The summed E-state index contributed by atoms with van der Waals surface area (Å²) < 4.78 is 5.42. The Bertz CT molecular complexity index is 434. The molecule has 0 bridgehead atoms. The zero-order valence-electron chi connectivity index (χ0n) is 10.7. The first kappa shape index (κ1) is 13.3. The first-order chi connectivity index (χ1) is 8.79. The van der Waals surface area contributed by atoms with Crippen molar-refractivity contribution in [2.75, 3.05) is 6.61 Å². The summed E-state index contributed by atoms with van der Waals surface area (Å²) in [6.07, 6.45) is 8.90. The van der Waals surface area contributed by atoms with Gasteiger partial charge in [0.2, 0.25) is 5.28 Å². The molecule has 0 atom stereocenters. The number of ether oxygens (including phenoxy) is 1. The van der Waals surface area contributed by atoms with Crippen molar-refractivity contribution < 1.29 is 4.74 Å². The number of allylic oxidation sites excluding steroid dienone is 2. The van der Waals surface area contributed by atoms with Crippen LogP contribution in [0, 0.1) is 0 Å². The summed E-state index contributed by atoms with van der Waals surface area (Å²) in [6, 6.07) is 0.331. The minimum atomic E-state index is 0.205. The van der Waals surface area contributed by atoms with Crippen molar-refractivity contribution in [3.63, 3.8) is 0 Å². The van der Waals surface area contributed by atoms with Gasteiger partial charge in [-0.3, -0.25) is 0 Å². The van der Waals surface area contributed by atoms with E-state index in [1.54, 1.807) is 0 Å². The fraction of sp³-hybridized carbons (Fsp3) is 0.615.